The predicted molar refractivity (Wildman–Crippen MR) is 207 cm³/mol. The molecule has 0 spiro atoms. The third kappa shape index (κ3) is 11.9. The zero-order chi connectivity index (χ0) is 36.5. The highest BCUT2D eigenvalue weighted by molar-refractivity contribution is 7.90. The van der Waals surface area contributed by atoms with Crippen molar-refractivity contribution in [3.05, 3.63) is 160 Å². The van der Waals surface area contributed by atoms with Gasteiger partial charge in [-0.15, -0.1) is 0 Å². The number of allylic oxidation sites excluding steroid dienone is 3. The molecule has 9 heteroatoms. The van der Waals surface area contributed by atoms with Gasteiger partial charge in [0.1, 0.15) is 0 Å². The topological polar surface area (TPSA) is 102 Å². The van der Waals surface area contributed by atoms with Crippen LogP contribution in [0.1, 0.15) is 77.6 Å². The summed E-state index contributed by atoms with van der Waals surface area (Å²) in [6.07, 6.45) is 4.77. The fourth-order valence-corrected chi connectivity index (χ4v) is 10.9. The Morgan fingerprint density at radius 3 is 1.34 bits per heavy atom. The van der Waals surface area contributed by atoms with Crippen molar-refractivity contribution in [2.75, 3.05) is 5.75 Å². The molecule has 2 atom stereocenters. The maximum atomic E-state index is 13.2. The average Bonchev–Trinajstić information content (AvgIpc) is 3.05. The standard InChI is InChI=1S/C41H48O6S3/c1-6-8-39(7-2)41-23-19-38(20-24-41)30-50(46,47)29-37-17-21-40(22-18-37)33(5)32(4)25-48(42,43)26-35-13-15-36(16-14-35)28-49(44,45)27-34-11-9-31(3)10-12-34/h7-24,32-33H,2,6,25-30H2,1,3-5H3/b39-8+/t32?,33-/m0/s1. The molecule has 1 unspecified atom stereocenters. The first-order chi connectivity index (χ1) is 23.6. The summed E-state index contributed by atoms with van der Waals surface area (Å²) in [5.74, 6) is -0.714. The van der Waals surface area contributed by atoms with Gasteiger partial charge in [0.15, 0.2) is 29.5 Å². The molecule has 4 aromatic rings. The van der Waals surface area contributed by atoms with Crippen LogP contribution in [-0.4, -0.2) is 31.0 Å². The Bertz CT molecular complexity index is 2100. The van der Waals surface area contributed by atoms with Crippen LogP contribution in [0.25, 0.3) is 5.57 Å². The summed E-state index contributed by atoms with van der Waals surface area (Å²) < 4.78 is 77.9. The van der Waals surface area contributed by atoms with E-state index in [1.807, 2.05) is 93.6 Å². The fraction of sp³-hybridized carbons (Fsp3) is 0.317. The number of sulfone groups is 3. The summed E-state index contributed by atoms with van der Waals surface area (Å²) in [7, 11) is -10.3. The summed E-state index contributed by atoms with van der Waals surface area (Å²) in [5, 5.41) is 0. The molecule has 0 aliphatic carbocycles. The quantitative estimate of drug-likeness (QED) is 0.101. The van der Waals surface area contributed by atoms with Crippen molar-refractivity contribution in [1.82, 2.24) is 0 Å². The summed E-state index contributed by atoms with van der Waals surface area (Å²) in [6, 6.07) is 29.1. The van der Waals surface area contributed by atoms with Crippen molar-refractivity contribution in [2.24, 2.45) is 5.92 Å². The highest BCUT2D eigenvalue weighted by atomic mass is 32.2. The van der Waals surface area contributed by atoms with E-state index in [-0.39, 0.29) is 46.4 Å². The van der Waals surface area contributed by atoms with Gasteiger partial charge in [0.25, 0.3) is 0 Å². The Morgan fingerprint density at radius 1 is 0.580 bits per heavy atom. The van der Waals surface area contributed by atoms with Crippen LogP contribution in [0, 0.1) is 12.8 Å². The lowest BCUT2D eigenvalue weighted by atomic mass is 9.90. The fourth-order valence-electron chi connectivity index (χ4n) is 5.97. The predicted octanol–water partition coefficient (Wildman–Crippen LogP) is 8.56. The summed E-state index contributed by atoms with van der Waals surface area (Å²) in [6.45, 7) is 11.8. The third-order valence-corrected chi connectivity index (χ3v) is 13.8. The molecule has 0 N–H and O–H groups in total. The first-order valence-corrected chi connectivity index (χ1v) is 22.3. The van der Waals surface area contributed by atoms with E-state index in [0.29, 0.717) is 16.7 Å². The van der Waals surface area contributed by atoms with Crippen LogP contribution >= 0.6 is 0 Å². The van der Waals surface area contributed by atoms with Gasteiger partial charge >= 0.3 is 0 Å². The number of hydrogen-bond donors (Lipinski definition) is 0. The van der Waals surface area contributed by atoms with Gasteiger partial charge in [-0.25, -0.2) is 25.3 Å². The number of benzene rings is 4. The third-order valence-electron chi connectivity index (χ3n) is 8.88. The molecular weight excluding hydrogens is 685 g/mol. The van der Waals surface area contributed by atoms with Crippen molar-refractivity contribution in [2.45, 2.75) is 68.8 Å². The van der Waals surface area contributed by atoms with Crippen LogP contribution in [0.2, 0.25) is 0 Å². The molecule has 0 saturated carbocycles. The molecule has 0 aliphatic rings. The lowest BCUT2D eigenvalue weighted by Gasteiger charge is -2.21. The van der Waals surface area contributed by atoms with Crippen LogP contribution in [0.4, 0.5) is 0 Å². The van der Waals surface area contributed by atoms with Crippen LogP contribution in [-0.2, 0) is 58.3 Å². The molecule has 0 heterocycles. The van der Waals surface area contributed by atoms with Gasteiger partial charge < -0.3 is 0 Å². The summed E-state index contributed by atoms with van der Waals surface area (Å²) in [4.78, 5) is 0. The van der Waals surface area contributed by atoms with E-state index in [0.717, 1.165) is 39.8 Å². The van der Waals surface area contributed by atoms with E-state index in [9.17, 15) is 25.3 Å². The van der Waals surface area contributed by atoms with Crippen LogP contribution < -0.4 is 0 Å². The van der Waals surface area contributed by atoms with Gasteiger partial charge in [-0.3, -0.25) is 0 Å². The van der Waals surface area contributed by atoms with E-state index < -0.39 is 29.5 Å². The van der Waals surface area contributed by atoms with Crippen molar-refractivity contribution >= 4 is 35.1 Å². The van der Waals surface area contributed by atoms with Crippen LogP contribution in [0.3, 0.4) is 0 Å². The Labute approximate surface area is 299 Å². The molecule has 50 heavy (non-hydrogen) atoms. The van der Waals surface area contributed by atoms with Crippen LogP contribution in [0.15, 0.2) is 116 Å². The lowest BCUT2D eigenvalue weighted by molar-refractivity contribution is 0.517. The molecular formula is C41H48O6S3. The van der Waals surface area contributed by atoms with Crippen molar-refractivity contribution < 1.29 is 25.3 Å². The number of hydrogen-bond acceptors (Lipinski definition) is 6. The Kier molecular flexibility index (Phi) is 13.2. The van der Waals surface area contributed by atoms with Crippen LogP contribution in [0.5, 0.6) is 0 Å². The Balaban J connectivity index is 1.30. The van der Waals surface area contributed by atoms with Gasteiger partial charge in [-0.1, -0.05) is 142 Å². The second kappa shape index (κ2) is 16.9. The van der Waals surface area contributed by atoms with Gasteiger partial charge in [-0.05, 0) is 69.7 Å². The van der Waals surface area contributed by atoms with Gasteiger partial charge in [0.2, 0.25) is 0 Å². The lowest BCUT2D eigenvalue weighted by Crippen LogP contribution is -2.20. The van der Waals surface area contributed by atoms with E-state index in [2.05, 4.69) is 19.6 Å². The molecule has 0 radical (unpaired) electrons. The maximum Gasteiger partial charge on any atom is 0.158 e. The molecule has 0 fully saturated rings. The van der Waals surface area contributed by atoms with Crippen molar-refractivity contribution in [1.29, 1.82) is 0 Å². The van der Waals surface area contributed by atoms with E-state index in [4.69, 9.17) is 0 Å². The van der Waals surface area contributed by atoms with E-state index >= 15 is 0 Å². The minimum atomic E-state index is -3.46. The van der Waals surface area contributed by atoms with Crippen molar-refractivity contribution in [3.8, 4) is 0 Å². The van der Waals surface area contributed by atoms with Gasteiger partial charge in [0, 0.05) is 0 Å². The zero-order valence-corrected chi connectivity index (χ0v) is 31.8. The first kappa shape index (κ1) is 39.0. The minimum absolute atomic E-state index is 0.0156. The molecule has 0 saturated heterocycles. The molecule has 0 aliphatic heterocycles. The molecule has 6 nitrogen and oxygen atoms in total. The van der Waals surface area contributed by atoms with Gasteiger partial charge in [-0.2, -0.15) is 0 Å². The number of aryl methyl sites for hydroxylation is 1. The maximum absolute atomic E-state index is 13.2. The minimum Gasteiger partial charge on any atom is -0.228 e. The number of rotatable bonds is 17. The summed E-state index contributed by atoms with van der Waals surface area (Å²) in [5.41, 5.74) is 7.42. The smallest absolute Gasteiger partial charge is 0.158 e. The Hall–Kier alpha value is -3.79. The summed E-state index contributed by atoms with van der Waals surface area (Å²) >= 11 is 0. The zero-order valence-electron chi connectivity index (χ0n) is 29.4. The normalized spacial score (nSPS) is 13.9. The first-order valence-electron chi connectivity index (χ1n) is 16.8. The molecule has 4 aromatic carbocycles. The monoisotopic (exact) mass is 732 g/mol. The second-order valence-electron chi connectivity index (χ2n) is 13.4. The highest BCUT2D eigenvalue weighted by Gasteiger charge is 2.23. The molecule has 0 amide bonds. The Morgan fingerprint density at radius 2 is 0.940 bits per heavy atom. The van der Waals surface area contributed by atoms with Crippen molar-refractivity contribution in [3.63, 3.8) is 0 Å². The highest BCUT2D eigenvalue weighted by Crippen LogP contribution is 2.27. The molecule has 266 valence electrons. The second-order valence-corrected chi connectivity index (χ2v) is 19.6. The molecule has 0 aromatic heterocycles. The van der Waals surface area contributed by atoms with E-state index in [1.54, 1.807) is 30.3 Å². The van der Waals surface area contributed by atoms with E-state index in [1.165, 1.54) is 0 Å². The largest absolute Gasteiger partial charge is 0.228 e. The average molecular weight is 733 g/mol. The molecule has 0 bridgehead atoms. The molecule has 4 rings (SSSR count). The van der Waals surface area contributed by atoms with Gasteiger partial charge in [0.05, 0.1) is 34.5 Å². The SMILES string of the molecule is C=C/C(=C\CC)c1ccc(CS(=O)(=O)Cc2ccc([C@@H](C)C(C)CS(=O)(=O)Cc3ccc(CS(=O)(=O)Cc4ccc(C)cc4)cc3)cc2)cc1.